The van der Waals surface area contributed by atoms with Crippen LogP contribution in [-0.4, -0.2) is 0 Å². The van der Waals surface area contributed by atoms with E-state index in [1.165, 1.54) is 14.7 Å². The Morgan fingerprint density at radius 3 is 1.67 bits per heavy atom. The van der Waals surface area contributed by atoms with Crippen LogP contribution in [0, 0.1) is 0 Å². The Kier molecular flexibility index (Phi) is 8.30. The minimum atomic E-state index is -0.0459. The highest BCUT2D eigenvalue weighted by Crippen LogP contribution is 2.30. The van der Waals surface area contributed by atoms with Gasteiger partial charge in [-0.05, 0) is 42.8 Å². The molecule has 0 radical (unpaired) electrons. The molecule has 2 aromatic rings. The van der Waals surface area contributed by atoms with E-state index in [9.17, 15) is 0 Å². The summed E-state index contributed by atoms with van der Waals surface area (Å²) in [7, 11) is -0.0459. The maximum Gasteiger partial charge on any atom is 0.166 e. The van der Waals surface area contributed by atoms with E-state index in [0.29, 0.717) is 0 Å². The minimum absolute atomic E-state index is 0.0459. The van der Waals surface area contributed by atoms with Gasteiger partial charge in [-0.15, -0.1) is 0 Å². The van der Waals surface area contributed by atoms with Crippen molar-refractivity contribution in [2.75, 3.05) is 0 Å². The van der Waals surface area contributed by atoms with Crippen LogP contribution in [0.3, 0.4) is 0 Å². The predicted octanol–water partition coefficient (Wildman–Crippen LogP) is 6.23. The zero-order valence-corrected chi connectivity index (χ0v) is 14.1. The van der Waals surface area contributed by atoms with E-state index in [2.05, 4.69) is 80.2 Å². The van der Waals surface area contributed by atoms with E-state index >= 15 is 0 Å². The second kappa shape index (κ2) is 10.1. The highest BCUT2D eigenvalue weighted by atomic mass is 32.2. The third kappa shape index (κ3) is 4.95. The van der Waals surface area contributed by atoms with Gasteiger partial charge in [-0.2, -0.15) is 0 Å². The van der Waals surface area contributed by atoms with Gasteiger partial charge in [-0.1, -0.05) is 63.7 Å². The highest BCUT2D eigenvalue weighted by molar-refractivity contribution is 8.00. The highest BCUT2D eigenvalue weighted by Gasteiger charge is 2.28. The molecule has 0 aromatic heterocycles. The van der Waals surface area contributed by atoms with Crippen LogP contribution in [0.2, 0.25) is 0 Å². The molecule has 0 bridgehead atoms. The molecule has 0 aliphatic carbocycles. The molecular formula is C20H25S+. The Bertz CT molecular complexity index is 501. The summed E-state index contributed by atoms with van der Waals surface area (Å²) < 4.78 is 0. The quantitative estimate of drug-likeness (QED) is 0.453. The summed E-state index contributed by atoms with van der Waals surface area (Å²) in [6.45, 7) is 10.2. The van der Waals surface area contributed by atoms with Crippen molar-refractivity contribution in [3.05, 3.63) is 84.3 Å². The van der Waals surface area contributed by atoms with E-state index in [4.69, 9.17) is 0 Å². The summed E-state index contributed by atoms with van der Waals surface area (Å²) >= 11 is 0. The van der Waals surface area contributed by atoms with Crippen LogP contribution in [-0.2, 0) is 10.9 Å². The molecule has 0 fully saturated rings. The second-order valence-corrected chi connectivity index (χ2v) is 6.18. The number of hydrogen-bond donors (Lipinski definition) is 0. The first kappa shape index (κ1) is 17.3. The Balaban J connectivity index is 0.00000106. The average molecular weight is 297 g/mol. The van der Waals surface area contributed by atoms with Crippen LogP contribution in [0.25, 0.3) is 0 Å². The molecule has 0 spiro atoms. The summed E-state index contributed by atoms with van der Waals surface area (Å²) in [5.74, 6) is 0. The Morgan fingerprint density at radius 1 is 0.905 bits per heavy atom. The molecule has 2 rings (SSSR count). The number of rotatable bonds is 5. The van der Waals surface area contributed by atoms with Crippen molar-refractivity contribution in [1.29, 1.82) is 0 Å². The number of benzene rings is 2. The normalized spacial score (nSPS) is 10.8. The Hall–Kier alpha value is -1.73. The van der Waals surface area contributed by atoms with E-state index in [1.54, 1.807) is 0 Å². The van der Waals surface area contributed by atoms with Crippen LogP contribution in [0.15, 0.2) is 94.1 Å². The summed E-state index contributed by atoms with van der Waals surface area (Å²) in [5.41, 5.74) is 0. The third-order valence-electron chi connectivity index (χ3n) is 2.80. The van der Waals surface area contributed by atoms with Crippen molar-refractivity contribution in [3.8, 4) is 0 Å². The molecular weight excluding hydrogens is 272 g/mol. The van der Waals surface area contributed by atoms with Crippen molar-refractivity contribution in [3.63, 3.8) is 0 Å². The van der Waals surface area contributed by atoms with Gasteiger partial charge in [0.15, 0.2) is 14.7 Å². The van der Waals surface area contributed by atoms with Crippen LogP contribution in [0.1, 0.15) is 27.2 Å². The van der Waals surface area contributed by atoms with Gasteiger partial charge in [0.05, 0.1) is 10.9 Å². The first-order valence-corrected chi connectivity index (χ1v) is 8.76. The molecule has 21 heavy (non-hydrogen) atoms. The Morgan fingerprint density at radius 2 is 1.33 bits per heavy atom. The standard InChI is InChI=1S/C18H19S.C2H6/c1-3-11-16(4-2)19(17-12-7-5-8-13-17)18-14-9-6-10-15-18;1-2/h4-15H,2-3H2,1H3;1-2H3/q+1;/b16-11+;. The van der Waals surface area contributed by atoms with Gasteiger partial charge in [-0.25, -0.2) is 0 Å². The topological polar surface area (TPSA) is 0 Å². The minimum Gasteiger partial charge on any atom is -0.0941 e. The maximum absolute atomic E-state index is 3.99. The van der Waals surface area contributed by atoms with Crippen LogP contribution in [0.5, 0.6) is 0 Å². The SMILES string of the molecule is C=C/C(=C\CC)[S+](c1ccccc1)c1ccccc1.CC. The van der Waals surface area contributed by atoms with E-state index in [1.807, 2.05) is 19.9 Å². The average Bonchev–Trinajstić information content (AvgIpc) is 2.58. The molecule has 0 atom stereocenters. The molecule has 2 aromatic carbocycles. The van der Waals surface area contributed by atoms with Gasteiger partial charge in [0.1, 0.15) is 0 Å². The molecule has 0 N–H and O–H groups in total. The maximum atomic E-state index is 3.99. The predicted molar refractivity (Wildman–Crippen MR) is 96.7 cm³/mol. The van der Waals surface area contributed by atoms with Crippen LogP contribution >= 0.6 is 0 Å². The Labute approximate surface area is 132 Å². The molecule has 0 saturated carbocycles. The first-order chi connectivity index (χ1) is 10.4. The van der Waals surface area contributed by atoms with Gasteiger partial charge in [-0.3, -0.25) is 0 Å². The summed E-state index contributed by atoms with van der Waals surface area (Å²) in [6.07, 6.45) is 5.30. The molecule has 0 heterocycles. The van der Waals surface area contributed by atoms with Gasteiger partial charge < -0.3 is 0 Å². The summed E-state index contributed by atoms with van der Waals surface area (Å²) in [5, 5.41) is 0. The zero-order chi connectivity index (χ0) is 15.5. The second-order valence-electron chi connectivity index (χ2n) is 4.15. The zero-order valence-electron chi connectivity index (χ0n) is 13.3. The summed E-state index contributed by atoms with van der Waals surface area (Å²) in [4.78, 5) is 3.99. The molecule has 0 aliphatic heterocycles. The monoisotopic (exact) mass is 297 g/mol. The molecule has 1 heteroatoms. The lowest BCUT2D eigenvalue weighted by molar-refractivity contribution is 1.22. The van der Waals surface area contributed by atoms with Gasteiger partial charge >= 0.3 is 0 Å². The van der Waals surface area contributed by atoms with Crippen molar-refractivity contribution in [2.45, 2.75) is 37.0 Å². The van der Waals surface area contributed by atoms with Crippen LogP contribution in [0.4, 0.5) is 0 Å². The van der Waals surface area contributed by atoms with Crippen molar-refractivity contribution in [2.24, 2.45) is 0 Å². The lowest BCUT2D eigenvalue weighted by atomic mass is 10.4. The van der Waals surface area contributed by atoms with Crippen LogP contribution < -0.4 is 0 Å². The number of allylic oxidation sites excluding steroid dienone is 2. The molecule has 0 unspecified atom stereocenters. The lowest BCUT2D eigenvalue weighted by Gasteiger charge is -2.08. The fourth-order valence-electron chi connectivity index (χ4n) is 1.97. The van der Waals surface area contributed by atoms with Gasteiger partial charge in [0, 0.05) is 0 Å². The first-order valence-electron chi connectivity index (χ1n) is 7.53. The molecule has 0 saturated heterocycles. The van der Waals surface area contributed by atoms with Gasteiger partial charge in [0.2, 0.25) is 0 Å². The smallest absolute Gasteiger partial charge is 0.0941 e. The van der Waals surface area contributed by atoms with E-state index in [-0.39, 0.29) is 10.9 Å². The molecule has 0 nitrogen and oxygen atoms in total. The lowest BCUT2D eigenvalue weighted by Crippen LogP contribution is -2.05. The van der Waals surface area contributed by atoms with Crippen molar-refractivity contribution in [1.82, 2.24) is 0 Å². The molecule has 0 amide bonds. The van der Waals surface area contributed by atoms with Gasteiger partial charge in [0.25, 0.3) is 0 Å². The van der Waals surface area contributed by atoms with E-state index < -0.39 is 0 Å². The molecule has 110 valence electrons. The van der Waals surface area contributed by atoms with Crippen molar-refractivity contribution < 1.29 is 0 Å². The summed E-state index contributed by atoms with van der Waals surface area (Å²) in [6, 6.07) is 21.3. The van der Waals surface area contributed by atoms with E-state index in [0.717, 1.165) is 6.42 Å². The number of hydrogen-bond acceptors (Lipinski definition) is 0. The fraction of sp³-hybridized carbons (Fsp3) is 0.200. The molecule has 0 aliphatic rings. The third-order valence-corrected chi connectivity index (χ3v) is 5.09. The fourth-order valence-corrected chi connectivity index (χ4v) is 4.15. The van der Waals surface area contributed by atoms with Crippen molar-refractivity contribution >= 4 is 10.9 Å². The largest absolute Gasteiger partial charge is 0.166 e.